The number of rotatable bonds is 9. The molecule has 0 radical (unpaired) electrons. The molecule has 0 saturated carbocycles. The van der Waals surface area contributed by atoms with Crippen LogP contribution in [0.4, 0.5) is 5.69 Å². The first-order chi connectivity index (χ1) is 17.3. The average Bonchev–Trinajstić information content (AvgIpc) is 2.87. The highest BCUT2D eigenvalue weighted by molar-refractivity contribution is 7.86. The van der Waals surface area contributed by atoms with Gasteiger partial charge in [0.15, 0.2) is 0 Å². The molecule has 0 saturated heterocycles. The van der Waals surface area contributed by atoms with Gasteiger partial charge < -0.3 is 9.32 Å². The highest BCUT2D eigenvalue weighted by atomic mass is 32.2. The fraction of sp³-hybridized carbons (Fsp3) is 0.345. The van der Waals surface area contributed by atoms with Crippen LogP contribution in [0.2, 0.25) is 0 Å². The van der Waals surface area contributed by atoms with Crippen LogP contribution in [0.3, 0.4) is 0 Å². The normalized spacial score (nSPS) is 11.8. The quantitative estimate of drug-likeness (QED) is 0.174. The predicted octanol–water partition coefficient (Wildman–Crippen LogP) is 5.89. The van der Waals surface area contributed by atoms with E-state index in [1.807, 2.05) is 30.3 Å². The molecule has 2 aromatic rings. The van der Waals surface area contributed by atoms with Crippen molar-refractivity contribution < 1.29 is 17.4 Å². The number of anilines is 1. The van der Waals surface area contributed by atoms with Crippen molar-refractivity contribution in [3.63, 3.8) is 0 Å². The van der Waals surface area contributed by atoms with E-state index in [-0.39, 0.29) is 4.90 Å². The van der Waals surface area contributed by atoms with E-state index in [0.717, 1.165) is 66.6 Å². The lowest BCUT2D eigenvalue weighted by atomic mass is 9.93. The molecule has 1 N–H and O–H groups in total. The van der Waals surface area contributed by atoms with Crippen molar-refractivity contribution in [1.82, 2.24) is 4.58 Å². The Morgan fingerprint density at radius 1 is 0.861 bits per heavy atom. The molecule has 6 nitrogen and oxygen atoms in total. The summed E-state index contributed by atoms with van der Waals surface area (Å²) in [6, 6.07) is 18.7. The maximum atomic E-state index is 12.3. The molecule has 0 amide bonds. The molecule has 36 heavy (non-hydrogen) atoms. The van der Waals surface area contributed by atoms with Gasteiger partial charge in [0.1, 0.15) is 29.3 Å². The second kappa shape index (κ2) is 10.8. The number of hydrogen-bond acceptors (Lipinski definition) is 4. The number of hydrogen-bond donors (Lipinski definition) is 1. The summed E-state index contributed by atoms with van der Waals surface area (Å²) in [6.45, 7) is 12.2. The molecule has 0 spiro atoms. The van der Waals surface area contributed by atoms with Crippen LogP contribution >= 0.6 is 0 Å². The first kappa shape index (κ1) is 25.9. The van der Waals surface area contributed by atoms with E-state index < -0.39 is 10.1 Å². The average molecular weight is 508 g/mol. The molecule has 1 aliphatic heterocycles. The van der Waals surface area contributed by atoms with Crippen LogP contribution in [0.1, 0.15) is 40.5 Å². The Hall–Kier alpha value is -3.16. The summed E-state index contributed by atoms with van der Waals surface area (Å²) in [4.78, 5) is 2.23. The summed E-state index contributed by atoms with van der Waals surface area (Å²) < 4.78 is 43.4. The largest absolute Gasteiger partial charge is 0.456 e. The topological polar surface area (TPSA) is 73.8 Å². The third-order valence-electron chi connectivity index (χ3n) is 6.60. The number of benzene rings is 3. The van der Waals surface area contributed by atoms with Crippen LogP contribution in [0, 0.1) is 0 Å². The Kier molecular flexibility index (Phi) is 7.81. The second-order valence-electron chi connectivity index (χ2n) is 8.97. The van der Waals surface area contributed by atoms with Gasteiger partial charge in [-0.05, 0) is 51.0 Å². The lowest BCUT2D eigenvalue weighted by Crippen LogP contribution is -2.29. The summed E-state index contributed by atoms with van der Waals surface area (Å²) in [5.74, 6) is 0.668. The van der Waals surface area contributed by atoms with Crippen molar-refractivity contribution in [3.8, 4) is 22.5 Å². The zero-order valence-electron chi connectivity index (χ0n) is 21.5. The van der Waals surface area contributed by atoms with Crippen molar-refractivity contribution in [2.75, 3.05) is 31.1 Å². The van der Waals surface area contributed by atoms with E-state index in [9.17, 15) is 13.0 Å². The number of fused-ring (bicyclic) bond motifs is 2. The van der Waals surface area contributed by atoms with E-state index in [2.05, 4.69) is 43.2 Å². The molecule has 2 aliphatic rings. The highest BCUT2D eigenvalue weighted by Crippen LogP contribution is 2.42. The van der Waals surface area contributed by atoms with Gasteiger partial charge in [0.2, 0.25) is 5.36 Å². The fourth-order valence-corrected chi connectivity index (χ4v) is 5.65. The molecule has 0 unspecified atom stereocenters. The van der Waals surface area contributed by atoms with E-state index in [4.69, 9.17) is 4.42 Å². The molecule has 2 aromatic carbocycles. The summed E-state index contributed by atoms with van der Waals surface area (Å²) >= 11 is 0. The molecule has 7 heteroatoms. The highest BCUT2D eigenvalue weighted by Gasteiger charge is 2.24. The van der Waals surface area contributed by atoms with Gasteiger partial charge in [-0.2, -0.15) is 8.42 Å². The Morgan fingerprint density at radius 2 is 1.56 bits per heavy atom. The smallest absolute Gasteiger partial charge is 0.295 e. The first-order valence-electron chi connectivity index (χ1n) is 12.7. The Labute approximate surface area is 213 Å². The van der Waals surface area contributed by atoms with Crippen molar-refractivity contribution >= 4 is 26.8 Å². The standard InChI is InChI=1S/C29H34N2O4S/c1-5-17-31(18-6-2)22-14-16-24-27(20-22)35-26-19-21(30(7-3)8-4)13-15-23(26)29(24)25-11-9-10-12-28(25)36(32,33)34/h9-16,19-20H,5-8,17-18H2,1-4H3/p+1. The zero-order valence-corrected chi connectivity index (χ0v) is 22.3. The lowest BCUT2D eigenvalue weighted by molar-refractivity contribution is 0.483. The molecule has 4 rings (SSSR count). The Morgan fingerprint density at radius 3 is 2.19 bits per heavy atom. The number of nitrogens with zero attached hydrogens (tertiary/aromatic N) is 2. The van der Waals surface area contributed by atoms with Crippen molar-refractivity contribution in [2.24, 2.45) is 0 Å². The molecule has 190 valence electrons. The van der Waals surface area contributed by atoms with E-state index >= 15 is 0 Å². The SMILES string of the molecule is CCCN(CCC)c1ccc2c(-c3ccccc3S(=O)(=O)O)c3ccc(=[N+](CC)CC)cc-3oc2c1. The monoisotopic (exact) mass is 507 g/mol. The van der Waals surface area contributed by atoms with Crippen LogP contribution in [-0.2, 0) is 10.1 Å². The van der Waals surface area contributed by atoms with Gasteiger partial charge in [-0.1, -0.05) is 32.0 Å². The maximum absolute atomic E-state index is 12.3. The van der Waals surface area contributed by atoms with Gasteiger partial charge in [-0.25, -0.2) is 4.58 Å². The van der Waals surface area contributed by atoms with E-state index in [1.54, 1.807) is 18.2 Å². The summed E-state index contributed by atoms with van der Waals surface area (Å²) in [5.41, 5.74) is 3.72. The van der Waals surface area contributed by atoms with Crippen LogP contribution < -0.4 is 14.8 Å². The minimum atomic E-state index is -4.43. The summed E-state index contributed by atoms with van der Waals surface area (Å²) in [7, 11) is -4.43. The van der Waals surface area contributed by atoms with Crippen LogP contribution in [0.5, 0.6) is 0 Å². The van der Waals surface area contributed by atoms with E-state index in [0.29, 0.717) is 16.9 Å². The van der Waals surface area contributed by atoms with Crippen molar-refractivity contribution in [3.05, 3.63) is 66.0 Å². The minimum Gasteiger partial charge on any atom is -0.456 e. The minimum absolute atomic E-state index is 0.116. The predicted molar refractivity (Wildman–Crippen MR) is 147 cm³/mol. The zero-order chi connectivity index (χ0) is 25.9. The van der Waals surface area contributed by atoms with Crippen LogP contribution in [0.25, 0.3) is 33.4 Å². The molecule has 1 aliphatic carbocycles. The van der Waals surface area contributed by atoms with Crippen molar-refractivity contribution in [1.29, 1.82) is 0 Å². The molecule has 1 heterocycles. The molecule has 0 fully saturated rings. The summed E-state index contributed by atoms with van der Waals surface area (Å²) in [6.07, 6.45) is 2.07. The van der Waals surface area contributed by atoms with Crippen LogP contribution in [0.15, 0.2) is 70.0 Å². The van der Waals surface area contributed by atoms with Gasteiger partial charge in [0.05, 0.1) is 6.07 Å². The van der Waals surface area contributed by atoms with Gasteiger partial charge in [-0.15, -0.1) is 0 Å². The van der Waals surface area contributed by atoms with Crippen LogP contribution in [-0.4, -0.2) is 39.1 Å². The van der Waals surface area contributed by atoms with Gasteiger partial charge in [0.25, 0.3) is 10.1 Å². The Bertz CT molecular complexity index is 1510. The van der Waals surface area contributed by atoms with Gasteiger partial charge in [-0.3, -0.25) is 4.55 Å². The molecular weight excluding hydrogens is 472 g/mol. The molecule has 0 atom stereocenters. The second-order valence-corrected chi connectivity index (χ2v) is 10.4. The molecule has 0 bridgehead atoms. The van der Waals surface area contributed by atoms with Crippen molar-refractivity contribution in [2.45, 2.75) is 45.4 Å². The molecular formula is C29H35N2O4S+. The fourth-order valence-electron chi connectivity index (χ4n) is 4.95. The molecule has 0 aromatic heterocycles. The van der Waals surface area contributed by atoms with E-state index in [1.165, 1.54) is 6.07 Å². The third-order valence-corrected chi connectivity index (χ3v) is 7.52. The Balaban J connectivity index is 2.11. The third kappa shape index (κ3) is 5.04. The first-order valence-corrected chi connectivity index (χ1v) is 14.2. The van der Waals surface area contributed by atoms with Gasteiger partial charge in [0, 0.05) is 53.0 Å². The lowest BCUT2D eigenvalue weighted by Gasteiger charge is -2.24. The maximum Gasteiger partial charge on any atom is 0.295 e. The van der Waals surface area contributed by atoms with Gasteiger partial charge >= 0.3 is 0 Å². The summed E-state index contributed by atoms with van der Waals surface area (Å²) in [5, 5.41) is 1.84.